The summed E-state index contributed by atoms with van der Waals surface area (Å²) in [7, 11) is 0. The molecule has 0 saturated heterocycles. The first-order chi connectivity index (χ1) is 7.64. The Morgan fingerprint density at radius 2 is 1.94 bits per heavy atom. The van der Waals surface area contributed by atoms with Crippen LogP contribution in [0.2, 0.25) is 0 Å². The van der Waals surface area contributed by atoms with Crippen molar-refractivity contribution in [3.8, 4) is 6.07 Å². The molecule has 0 aliphatic heterocycles. The van der Waals surface area contributed by atoms with Gasteiger partial charge in [0.1, 0.15) is 5.41 Å². The molecule has 5 heteroatoms. The Bertz CT molecular complexity index is 314. The van der Waals surface area contributed by atoms with Crippen LogP contribution in [0.5, 0.6) is 0 Å². The summed E-state index contributed by atoms with van der Waals surface area (Å²) in [5.74, 6) is -0.527. The van der Waals surface area contributed by atoms with Crippen LogP contribution < -0.4 is 10.6 Å². The number of likely N-dealkylation sites (N-methyl/N-ethyl adjacent to an activating group) is 1. The summed E-state index contributed by atoms with van der Waals surface area (Å²) < 4.78 is 0. The van der Waals surface area contributed by atoms with Crippen molar-refractivity contribution in [2.45, 2.75) is 32.6 Å². The molecule has 88 valence electrons. The summed E-state index contributed by atoms with van der Waals surface area (Å²) in [6, 6.07) is 2.09. The van der Waals surface area contributed by atoms with Crippen molar-refractivity contribution in [3.63, 3.8) is 0 Å². The van der Waals surface area contributed by atoms with E-state index in [2.05, 4.69) is 16.7 Å². The van der Waals surface area contributed by atoms with Crippen LogP contribution >= 0.6 is 0 Å². The van der Waals surface area contributed by atoms with Crippen molar-refractivity contribution >= 4 is 11.8 Å². The average molecular weight is 223 g/mol. The molecule has 0 unspecified atom stereocenters. The minimum atomic E-state index is -0.896. The lowest BCUT2D eigenvalue weighted by molar-refractivity contribution is -0.130. The number of carbonyl (C=O) groups is 2. The van der Waals surface area contributed by atoms with E-state index >= 15 is 0 Å². The molecule has 5 nitrogen and oxygen atoms in total. The smallest absolute Gasteiger partial charge is 0.240 e. The second kappa shape index (κ2) is 5.50. The minimum absolute atomic E-state index is 0.0455. The van der Waals surface area contributed by atoms with Gasteiger partial charge in [-0.2, -0.15) is 5.26 Å². The lowest BCUT2D eigenvalue weighted by atomic mass is 9.87. The fourth-order valence-corrected chi connectivity index (χ4v) is 1.96. The zero-order chi connectivity index (χ0) is 12.0. The Labute approximate surface area is 95.2 Å². The van der Waals surface area contributed by atoms with E-state index in [1.165, 1.54) is 0 Å². The Kier molecular flexibility index (Phi) is 4.29. The molecule has 1 aliphatic rings. The van der Waals surface area contributed by atoms with Gasteiger partial charge in [0.25, 0.3) is 0 Å². The summed E-state index contributed by atoms with van der Waals surface area (Å²) in [4.78, 5) is 22.9. The van der Waals surface area contributed by atoms with Crippen molar-refractivity contribution < 1.29 is 9.59 Å². The number of nitriles is 1. The third kappa shape index (κ3) is 2.72. The number of hydrogen-bond acceptors (Lipinski definition) is 3. The SMILES string of the molecule is CCNC(=O)CNC(=O)C1(C#N)CCCC1. The van der Waals surface area contributed by atoms with E-state index in [9.17, 15) is 9.59 Å². The zero-order valence-electron chi connectivity index (χ0n) is 9.51. The van der Waals surface area contributed by atoms with Gasteiger partial charge in [-0.25, -0.2) is 0 Å². The molecule has 0 aromatic heterocycles. The monoisotopic (exact) mass is 223 g/mol. The van der Waals surface area contributed by atoms with E-state index in [0.29, 0.717) is 19.4 Å². The molecule has 0 aromatic carbocycles. The summed E-state index contributed by atoms with van der Waals surface area (Å²) in [5.41, 5.74) is -0.896. The van der Waals surface area contributed by atoms with Crippen LogP contribution in [0.15, 0.2) is 0 Å². The van der Waals surface area contributed by atoms with Crippen molar-refractivity contribution in [3.05, 3.63) is 0 Å². The first-order valence-corrected chi connectivity index (χ1v) is 5.61. The van der Waals surface area contributed by atoms with Gasteiger partial charge < -0.3 is 10.6 Å². The number of rotatable bonds is 4. The van der Waals surface area contributed by atoms with E-state index in [1.807, 2.05) is 6.92 Å². The van der Waals surface area contributed by atoms with Gasteiger partial charge in [0.05, 0.1) is 12.6 Å². The van der Waals surface area contributed by atoms with E-state index in [0.717, 1.165) is 12.8 Å². The topological polar surface area (TPSA) is 82.0 Å². The molecule has 0 aromatic rings. The molecule has 0 radical (unpaired) electrons. The van der Waals surface area contributed by atoms with Crippen LogP contribution in [0.4, 0.5) is 0 Å². The highest BCUT2D eigenvalue weighted by Gasteiger charge is 2.41. The standard InChI is InChI=1S/C11H17N3O2/c1-2-13-9(15)7-14-10(16)11(8-12)5-3-4-6-11/h2-7H2,1H3,(H,13,15)(H,14,16). The molecular weight excluding hydrogens is 206 g/mol. The molecule has 0 spiro atoms. The number of carbonyl (C=O) groups excluding carboxylic acids is 2. The van der Waals surface area contributed by atoms with Gasteiger partial charge in [-0.15, -0.1) is 0 Å². The Morgan fingerprint density at radius 3 is 2.44 bits per heavy atom. The fourth-order valence-electron chi connectivity index (χ4n) is 1.96. The van der Waals surface area contributed by atoms with Gasteiger partial charge in [-0.3, -0.25) is 9.59 Å². The van der Waals surface area contributed by atoms with Crippen molar-refractivity contribution in [1.82, 2.24) is 10.6 Å². The minimum Gasteiger partial charge on any atom is -0.355 e. The molecule has 1 aliphatic carbocycles. The lowest BCUT2D eigenvalue weighted by Gasteiger charge is -2.18. The number of hydrogen-bond donors (Lipinski definition) is 2. The summed E-state index contributed by atoms with van der Waals surface area (Å²) in [6.45, 7) is 2.31. The first kappa shape index (κ1) is 12.5. The summed E-state index contributed by atoms with van der Waals surface area (Å²) in [6.07, 6.45) is 3.01. The van der Waals surface area contributed by atoms with Gasteiger partial charge in [-0.05, 0) is 19.8 Å². The maximum Gasteiger partial charge on any atom is 0.240 e. The van der Waals surface area contributed by atoms with E-state index in [4.69, 9.17) is 5.26 Å². The highest BCUT2D eigenvalue weighted by atomic mass is 16.2. The first-order valence-electron chi connectivity index (χ1n) is 5.61. The fraction of sp³-hybridized carbons (Fsp3) is 0.727. The molecule has 0 atom stereocenters. The Morgan fingerprint density at radius 1 is 1.31 bits per heavy atom. The quantitative estimate of drug-likeness (QED) is 0.720. The van der Waals surface area contributed by atoms with Gasteiger partial charge in [-0.1, -0.05) is 12.8 Å². The highest BCUT2D eigenvalue weighted by molar-refractivity contribution is 5.89. The van der Waals surface area contributed by atoms with Crippen molar-refractivity contribution in [2.75, 3.05) is 13.1 Å². The lowest BCUT2D eigenvalue weighted by Crippen LogP contribution is -2.43. The van der Waals surface area contributed by atoms with E-state index in [1.54, 1.807) is 0 Å². The van der Waals surface area contributed by atoms with Crippen LogP contribution in [0.1, 0.15) is 32.6 Å². The molecule has 16 heavy (non-hydrogen) atoms. The molecular formula is C11H17N3O2. The Balaban J connectivity index is 2.46. The van der Waals surface area contributed by atoms with Crippen LogP contribution in [-0.4, -0.2) is 24.9 Å². The number of nitrogens with one attached hydrogen (secondary N) is 2. The van der Waals surface area contributed by atoms with Gasteiger partial charge in [0.2, 0.25) is 11.8 Å². The maximum absolute atomic E-state index is 11.8. The number of amides is 2. The predicted octanol–water partition coefficient (Wildman–Crippen LogP) is 0.323. The second-order valence-corrected chi connectivity index (χ2v) is 4.04. The molecule has 1 saturated carbocycles. The largest absolute Gasteiger partial charge is 0.355 e. The third-order valence-electron chi connectivity index (χ3n) is 2.89. The van der Waals surface area contributed by atoms with Crippen molar-refractivity contribution in [1.29, 1.82) is 5.26 Å². The summed E-state index contributed by atoms with van der Waals surface area (Å²) in [5, 5.41) is 14.2. The normalized spacial score (nSPS) is 17.5. The maximum atomic E-state index is 11.8. The van der Waals surface area contributed by atoms with Crippen LogP contribution in [0.25, 0.3) is 0 Å². The summed E-state index contributed by atoms with van der Waals surface area (Å²) >= 11 is 0. The molecule has 1 fully saturated rings. The van der Waals surface area contributed by atoms with Crippen molar-refractivity contribution in [2.24, 2.45) is 5.41 Å². The van der Waals surface area contributed by atoms with Crippen LogP contribution in [0.3, 0.4) is 0 Å². The Hall–Kier alpha value is -1.57. The molecule has 1 rings (SSSR count). The predicted molar refractivity (Wildman–Crippen MR) is 58.2 cm³/mol. The molecule has 2 amide bonds. The molecule has 0 bridgehead atoms. The third-order valence-corrected chi connectivity index (χ3v) is 2.89. The molecule has 2 N–H and O–H groups in total. The van der Waals surface area contributed by atoms with Gasteiger partial charge in [0.15, 0.2) is 0 Å². The second-order valence-electron chi connectivity index (χ2n) is 4.04. The van der Waals surface area contributed by atoms with E-state index in [-0.39, 0.29) is 18.4 Å². The van der Waals surface area contributed by atoms with Crippen LogP contribution in [0, 0.1) is 16.7 Å². The highest BCUT2D eigenvalue weighted by Crippen LogP contribution is 2.37. The zero-order valence-corrected chi connectivity index (χ0v) is 9.51. The number of nitrogens with zero attached hydrogens (tertiary/aromatic N) is 1. The molecule has 0 heterocycles. The van der Waals surface area contributed by atoms with Crippen LogP contribution in [-0.2, 0) is 9.59 Å². The average Bonchev–Trinajstić information content (AvgIpc) is 2.76. The van der Waals surface area contributed by atoms with Gasteiger partial charge >= 0.3 is 0 Å². The van der Waals surface area contributed by atoms with Gasteiger partial charge in [0, 0.05) is 6.54 Å². The van der Waals surface area contributed by atoms with E-state index < -0.39 is 5.41 Å².